The van der Waals surface area contributed by atoms with E-state index in [-0.39, 0.29) is 106 Å². The molecule has 2 aromatic carbocycles. The van der Waals surface area contributed by atoms with Gasteiger partial charge in [0, 0.05) is 59.4 Å². The Morgan fingerprint density at radius 1 is 0.682 bits per heavy atom. The van der Waals surface area contributed by atoms with Crippen molar-refractivity contribution in [2.45, 2.75) is 168 Å². The maximum Gasteiger partial charge on any atom is 0.306 e. The lowest BCUT2D eigenvalue weighted by Gasteiger charge is -2.41. The number of likely N-dealkylation sites (N-methyl/N-ethyl adjacent to an activating group) is 2. The molecule has 24 heteroatoms. The van der Waals surface area contributed by atoms with E-state index in [2.05, 4.69) is 26.7 Å². The van der Waals surface area contributed by atoms with Crippen LogP contribution in [0.4, 0.5) is 5.69 Å². The van der Waals surface area contributed by atoms with Crippen LogP contribution in [-0.2, 0) is 80.0 Å². The van der Waals surface area contributed by atoms with Gasteiger partial charge in [-0.25, -0.2) is 5.48 Å². The van der Waals surface area contributed by atoms with Gasteiger partial charge in [-0.2, -0.15) is 0 Å². The van der Waals surface area contributed by atoms with E-state index < -0.39 is 84.0 Å². The smallest absolute Gasteiger partial charge is 0.306 e. The van der Waals surface area contributed by atoms with Gasteiger partial charge in [0.2, 0.25) is 41.4 Å². The first kappa shape index (κ1) is 73.9. The first-order valence-corrected chi connectivity index (χ1v) is 31.0. The van der Waals surface area contributed by atoms with Gasteiger partial charge in [0.1, 0.15) is 18.1 Å². The number of hydrogen-bond donors (Lipinski definition) is 6. The Kier molecular flexibility index (Phi) is 31.4. The van der Waals surface area contributed by atoms with Gasteiger partial charge in [-0.1, -0.05) is 97.4 Å². The van der Waals surface area contributed by atoms with Crippen LogP contribution in [0.5, 0.6) is 0 Å². The number of nitrogens with zero attached hydrogens (tertiary/aromatic N) is 4. The van der Waals surface area contributed by atoms with Crippen molar-refractivity contribution in [3.05, 3.63) is 65.7 Å². The molecule has 2 aliphatic rings. The maximum absolute atomic E-state index is 14.5. The summed E-state index contributed by atoms with van der Waals surface area (Å²) in [6, 6.07) is 11.7. The first-order valence-electron chi connectivity index (χ1n) is 31.0. The van der Waals surface area contributed by atoms with E-state index in [0.29, 0.717) is 63.0 Å². The van der Waals surface area contributed by atoms with Gasteiger partial charge in [0.05, 0.1) is 88.0 Å². The van der Waals surface area contributed by atoms with Crippen LogP contribution >= 0.6 is 0 Å². The Morgan fingerprint density at radius 2 is 1.32 bits per heavy atom. The summed E-state index contributed by atoms with van der Waals surface area (Å²) in [5.41, 5.74) is 4.38. The molecule has 88 heavy (non-hydrogen) atoms. The fourth-order valence-electron chi connectivity index (χ4n) is 11.5. The molecule has 1 unspecified atom stereocenters. The van der Waals surface area contributed by atoms with Crippen LogP contribution in [0, 0.1) is 29.6 Å². The fraction of sp³-hybridized carbons (Fsp3) is 0.672. The number of ether oxygens (including phenoxy) is 4. The van der Waals surface area contributed by atoms with Gasteiger partial charge in [0.25, 0.3) is 5.91 Å². The zero-order valence-corrected chi connectivity index (χ0v) is 54.2. The van der Waals surface area contributed by atoms with Crippen molar-refractivity contribution >= 4 is 58.9 Å². The van der Waals surface area contributed by atoms with Gasteiger partial charge >= 0.3 is 5.97 Å². The summed E-state index contributed by atoms with van der Waals surface area (Å²) < 4.78 is 23.1. The minimum Gasteiger partial charge on any atom is -0.481 e. The van der Waals surface area contributed by atoms with E-state index in [0.717, 1.165) is 5.56 Å². The highest BCUT2D eigenvalue weighted by molar-refractivity contribution is 5.97. The van der Waals surface area contributed by atoms with Crippen molar-refractivity contribution in [2.24, 2.45) is 29.6 Å². The predicted molar refractivity (Wildman–Crippen MR) is 331 cm³/mol. The van der Waals surface area contributed by atoms with Gasteiger partial charge in [0.15, 0.2) is 0 Å². The number of aliphatic carboxylic acids is 1. The minimum atomic E-state index is -1.07. The van der Waals surface area contributed by atoms with E-state index in [1.165, 1.54) is 14.2 Å². The monoisotopic (exact) mass is 1240 g/mol. The third-order valence-corrected chi connectivity index (χ3v) is 16.8. The number of benzene rings is 2. The van der Waals surface area contributed by atoms with Crippen LogP contribution < -0.4 is 26.7 Å². The van der Waals surface area contributed by atoms with Crippen molar-refractivity contribution in [1.29, 1.82) is 0 Å². The molecule has 10 atom stereocenters. The molecular weight excluding hydrogens is 1130 g/mol. The number of carboxylic acid groups (broad SMARTS) is 1. The molecule has 2 aliphatic heterocycles. The topological polar surface area (TPSA) is 293 Å². The largest absolute Gasteiger partial charge is 0.481 e. The summed E-state index contributed by atoms with van der Waals surface area (Å²) in [5, 5.41) is 20.5. The Morgan fingerprint density at radius 3 is 1.89 bits per heavy atom. The van der Waals surface area contributed by atoms with Crippen molar-refractivity contribution in [2.75, 3.05) is 86.7 Å². The third kappa shape index (κ3) is 22.8. The lowest BCUT2D eigenvalue weighted by Crippen LogP contribution is -2.59. The minimum absolute atomic E-state index is 0.00293. The zero-order chi connectivity index (χ0) is 65.2. The van der Waals surface area contributed by atoms with E-state index in [4.69, 9.17) is 28.9 Å². The van der Waals surface area contributed by atoms with Crippen LogP contribution in [0.2, 0.25) is 0 Å². The second kappa shape index (κ2) is 37.4. The zero-order valence-electron chi connectivity index (χ0n) is 54.2. The highest BCUT2D eigenvalue weighted by Crippen LogP contribution is 2.30. The number of rotatable bonds is 37. The summed E-state index contributed by atoms with van der Waals surface area (Å²) >= 11 is 0. The second-order valence-electron chi connectivity index (χ2n) is 24.2. The SMILES string of the molecule is CC[C@H](C)[C@@H]([C@@H](CC(=O)N1CCC[C@H]1[C@H](OC)C(C)C(=O)N[C@@H](Cc1ccccc1)C(=O)NOCc1ccc(NC(=O)[C@@H](C)NC(=O)CCOCCOCCC(=O)N2CCC(C(=O)O)CC2)cc1)OC)N(C)C(=O)[C@@H](NC(=O)[C@H](C(C)C)N(C)C)C(C)C. The molecule has 24 nitrogen and oxygen atoms in total. The molecule has 0 radical (unpaired) electrons. The number of anilines is 1. The van der Waals surface area contributed by atoms with Crippen molar-refractivity contribution in [3.8, 4) is 0 Å². The van der Waals surface area contributed by atoms with Crippen LogP contribution in [0.1, 0.15) is 118 Å². The number of carbonyl (C=O) groups excluding carboxylic acids is 8. The maximum atomic E-state index is 14.5. The predicted octanol–water partition coefficient (Wildman–Crippen LogP) is 4.19. The number of methoxy groups -OCH3 is 2. The molecule has 492 valence electrons. The molecule has 8 amide bonds. The number of carboxylic acids is 1. The number of nitrogens with one attached hydrogen (secondary N) is 5. The standard InChI is InChI=1S/C64H101N9O15/c1-14-42(6)57(71(11)63(81)55(40(2)3)68-62(80)56(41(4)5)70(9)10)51(84-12)38-54(76)73-30-18-21-50(73)58(85-13)43(7)59(77)67-49(37-45-19-16-15-17-20-45)61(79)69-88-39-46-22-24-48(25-23-46)66-60(78)44(8)65-52(74)28-33-86-35-36-87-34-29-53(75)72-31-26-47(27-32-72)64(82)83/h15-17,19-20,22-25,40-44,47,49-51,55-58H,14,18,21,26-39H2,1-13H3,(H,65,74)(H,66,78)(H,67,77)(H,68,80)(H,69,79)(H,82,83)/t42-,43?,44+,49-,50-,51+,55-,56-,57-,58+/m0/s1. The number of likely N-dealkylation sites (tertiary alicyclic amines) is 2. The summed E-state index contributed by atoms with van der Waals surface area (Å²) in [7, 11) is 8.41. The summed E-state index contributed by atoms with van der Waals surface area (Å²) in [4.78, 5) is 132. The van der Waals surface area contributed by atoms with E-state index in [1.807, 2.05) is 90.9 Å². The average molecular weight is 1240 g/mol. The Balaban J connectivity index is 1.28. The van der Waals surface area contributed by atoms with Crippen LogP contribution in [0.25, 0.3) is 0 Å². The summed E-state index contributed by atoms with van der Waals surface area (Å²) in [5.74, 6) is -5.11. The molecule has 0 saturated carbocycles. The first-order chi connectivity index (χ1) is 41.8. The van der Waals surface area contributed by atoms with Crippen molar-refractivity contribution < 1.29 is 72.0 Å². The number of hydrogen-bond acceptors (Lipinski definition) is 15. The lowest BCUT2D eigenvalue weighted by atomic mass is 9.89. The molecule has 0 aromatic heterocycles. The number of carbonyl (C=O) groups is 9. The van der Waals surface area contributed by atoms with Gasteiger partial charge in [-0.3, -0.25) is 52.9 Å². The van der Waals surface area contributed by atoms with E-state index >= 15 is 0 Å². The fourth-order valence-corrected chi connectivity index (χ4v) is 11.5. The molecule has 4 rings (SSSR count). The molecule has 2 saturated heterocycles. The Labute approximate surface area is 520 Å². The van der Waals surface area contributed by atoms with Gasteiger partial charge in [-0.05, 0) is 87.7 Å². The van der Waals surface area contributed by atoms with Gasteiger partial charge in [-0.15, -0.1) is 0 Å². The second-order valence-corrected chi connectivity index (χ2v) is 24.2. The van der Waals surface area contributed by atoms with E-state index in [9.17, 15) is 43.2 Å². The normalized spacial score (nSPS) is 17.7. The molecule has 2 fully saturated rings. The number of piperidine rings is 1. The summed E-state index contributed by atoms with van der Waals surface area (Å²) in [6.45, 7) is 16.9. The third-order valence-electron chi connectivity index (χ3n) is 16.8. The average Bonchev–Trinajstić information content (AvgIpc) is 4.12. The Hall–Kier alpha value is -6.57. The van der Waals surface area contributed by atoms with Crippen molar-refractivity contribution in [3.63, 3.8) is 0 Å². The molecule has 0 spiro atoms. The van der Waals surface area contributed by atoms with Crippen LogP contribution in [0.3, 0.4) is 0 Å². The number of amides is 8. The molecule has 0 aliphatic carbocycles. The quantitative estimate of drug-likeness (QED) is 0.0408. The van der Waals surface area contributed by atoms with Crippen LogP contribution in [0.15, 0.2) is 54.6 Å². The van der Waals surface area contributed by atoms with Crippen LogP contribution in [-0.4, -0.2) is 208 Å². The highest BCUT2D eigenvalue weighted by Gasteiger charge is 2.44. The molecule has 0 bridgehead atoms. The van der Waals surface area contributed by atoms with Gasteiger partial charge < -0.3 is 60.0 Å². The number of hydroxylamine groups is 1. The van der Waals surface area contributed by atoms with E-state index in [1.54, 1.807) is 59.9 Å². The molecule has 6 N–H and O–H groups in total. The summed E-state index contributed by atoms with van der Waals surface area (Å²) in [6.07, 6.45) is 1.59. The van der Waals surface area contributed by atoms with Crippen molar-refractivity contribution in [1.82, 2.24) is 41.0 Å². The molecule has 2 aromatic rings. The molecule has 2 heterocycles. The Bertz CT molecular complexity index is 2540. The lowest BCUT2D eigenvalue weighted by molar-refractivity contribution is -0.148. The highest BCUT2D eigenvalue weighted by atomic mass is 16.7. The molecular formula is C64H101N9O15.